The number of benzene rings is 1. The van der Waals surface area contributed by atoms with Gasteiger partial charge in [-0.3, -0.25) is 4.79 Å². The molecule has 0 unspecified atom stereocenters. The number of aliphatic carboxylic acids is 1. The smallest absolute Gasteiger partial charge is 0.303 e. The molecule has 0 aromatic heterocycles. The number of ether oxygens (including phenoxy) is 2. The molecule has 0 bridgehead atoms. The first-order chi connectivity index (χ1) is 9.19. The second-order valence-electron chi connectivity index (χ2n) is 4.15. The Morgan fingerprint density at radius 2 is 1.95 bits per heavy atom. The van der Waals surface area contributed by atoms with Crippen molar-refractivity contribution >= 4 is 5.97 Å². The molecule has 19 heavy (non-hydrogen) atoms. The Bertz CT molecular complexity index is 403. The third-order valence-electron chi connectivity index (χ3n) is 2.76. The average Bonchev–Trinajstić information content (AvgIpc) is 2.41. The van der Waals surface area contributed by atoms with E-state index >= 15 is 0 Å². The summed E-state index contributed by atoms with van der Waals surface area (Å²) in [6.07, 6.45) is 2.45. The third-order valence-corrected chi connectivity index (χ3v) is 2.76. The quantitative estimate of drug-likeness (QED) is 0.671. The van der Waals surface area contributed by atoms with Gasteiger partial charge < -0.3 is 19.7 Å². The largest absolute Gasteiger partial charge is 0.496 e. The van der Waals surface area contributed by atoms with E-state index in [-0.39, 0.29) is 13.0 Å². The average molecular weight is 268 g/mol. The van der Waals surface area contributed by atoms with Gasteiger partial charge in [-0.1, -0.05) is 6.07 Å². The number of aliphatic hydroxyl groups is 1. The Kier molecular flexibility index (Phi) is 6.74. The molecule has 5 heteroatoms. The molecule has 0 radical (unpaired) electrons. The van der Waals surface area contributed by atoms with Crippen molar-refractivity contribution in [2.75, 3.05) is 13.7 Å². The van der Waals surface area contributed by atoms with E-state index in [0.717, 1.165) is 12.8 Å². The standard InChI is InChI=1S/C14H20O5/c1-18-12-6-5-7-13(11(12)10-15)19-9-4-2-3-8-14(16)17/h5-7,15H,2-4,8-10H2,1H3,(H,16,17). The van der Waals surface area contributed by atoms with Crippen LogP contribution in [0.3, 0.4) is 0 Å². The molecule has 1 rings (SSSR count). The molecule has 1 aromatic rings. The predicted octanol–water partition coefficient (Wildman–Crippen LogP) is 2.21. The highest BCUT2D eigenvalue weighted by molar-refractivity contribution is 5.66. The highest BCUT2D eigenvalue weighted by Crippen LogP contribution is 2.28. The minimum Gasteiger partial charge on any atom is -0.496 e. The Hall–Kier alpha value is -1.75. The Morgan fingerprint density at radius 1 is 1.21 bits per heavy atom. The number of carboxylic acid groups (broad SMARTS) is 1. The molecule has 106 valence electrons. The van der Waals surface area contributed by atoms with Crippen LogP contribution in [0.5, 0.6) is 11.5 Å². The molecule has 0 fully saturated rings. The predicted molar refractivity (Wildman–Crippen MR) is 70.5 cm³/mol. The summed E-state index contributed by atoms with van der Waals surface area (Å²) in [5.74, 6) is 0.447. The molecule has 0 saturated heterocycles. The van der Waals surface area contributed by atoms with Crippen LogP contribution < -0.4 is 9.47 Å². The van der Waals surface area contributed by atoms with Gasteiger partial charge in [0, 0.05) is 6.42 Å². The number of hydrogen-bond acceptors (Lipinski definition) is 4. The molecule has 0 aliphatic carbocycles. The number of carbonyl (C=O) groups is 1. The van der Waals surface area contributed by atoms with Gasteiger partial charge in [-0.05, 0) is 31.4 Å². The van der Waals surface area contributed by atoms with E-state index in [1.807, 2.05) is 0 Å². The fourth-order valence-electron chi connectivity index (χ4n) is 1.77. The van der Waals surface area contributed by atoms with E-state index < -0.39 is 5.97 Å². The maximum absolute atomic E-state index is 10.3. The molecule has 0 atom stereocenters. The molecule has 0 aliphatic rings. The Labute approximate surface area is 112 Å². The topological polar surface area (TPSA) is 76.0 Å². The Morgan fingerprint density at radius 3 is 2.58 bits per heavy atom. The molecule has 2 N–H and O–H groups in total. The van der Waals surface area contributed by atoms with Gasteiger partial charge in [-0.2, -0.15) is 0 Å². The van der Waals surface area contributed by atoms with Crippen LogP contribution in [0.4, 0.5) is 0 Å². The molecule has 1 aromatic carbocycles. The van der Waals surface area contributed by atoms with Crippen LogP contribution in [0.1, 0.15) is 31.2 Å². The van der Waals surface area contributed by atoms with Crippen molar-refractivity contribution in [1.29, 1.82) is 0 Å². The van der Waals surface area contributed by atoms with E-state index in [9.17, 15) is 9.90 Å². The maximum atomic E-state index is 10.3. The molecular weight excluding hydrogens is 248 g/mol. The SMILES string of the molecule is COc1cccc(OCCCCCC(=O)O)c1CO. The first kappa shape index (κ1) is 15.3. The van der Waals surface area contributed by atoms with Gasteiger partial charge in [0.05, 0.1) is 25.9 Å². The fraction of sp³-hybridized carbons (Fsp3) is 0.500. The van der Waals surface area contributed by atoms with Gasteiger partial charge in [0.15, 0.2) is 0 Å². The number of rotatable bonds is 9. The van der Waals surface area contributed by atoms with Crippen LogP contribution in [0.2, 0.25) is 0 Å². The second kappa shape index (κ2) is 8.37. The van der Waals surface area contributed by atoms with Crippen LogP contribution in [0, 0.1) is 0 Å². The normalized spacial score (nSPS) is 10.2. The summed E-state index contributed by atoms with van der Waals surface area (Å²) in [4.78, 5) is 10.3. The number of aliphatic hydroxyl groups excluding tert-OH is 1. The summed E-state index contributed by atoms with van der Waals surface area (Å²) in [5, 5.41) is 17.8. The summed E-state index contributed by atoms with van der Waals surface area (Å²) in [7, 11) is 1.55. The van der Waals surface area contributed by atoms with Gasteiger partial charge in [-0.15, -0.1) is 0 Å². The zero-order valence-corrected chi connectivity index (χ0v) is 11.1. The molecule has 0 spiro atoms. The van der Waals surface area contributed by atoms with Gasteiger partial charge in [0.25, 0.3) is 0 Å². The lowest BCUT2D eigenvalue weighted by atomic mass is 10.2. The fourth-order valence-corrected chi connectivity index (χ4v) is 1.77. The number of hydrogen-bond donors (Lipinski definition) is 2. The summed E-state index contributed by atoms with van der Waals surface area (Å²) < 4.78 is 10.7. The van der Waals surface area contributed by atoms with Gasteiger partial charge in [0.1, 0.15) is 11.5 Å². The first-order valence-corrected chi connectivity index (χ1v) is 6.30. The second-order valence-corrected chi connectivity index (χ2v) is 4.15. The van der Waals surface area contributed by atoms with Crippen LogP contribution in [-0.4, -0.2) is 29.9 Å². The molecule has 0 saturated carbocycles. The van der Waals surface area contributed by atoms with Crippen LogP contribution in [0.25, 0.3) is 0 Å². The van der Waals surface area contributed by atoms with Crippen molar-refractivity contribution in [2.45, 2.75) is 32.3 Å². The summed E-state index contributed by atoms with van der Waals surface area (Å²) in [5.41, 5.74) is 0.635. The van der Waals surface area contributed by atoms with Crippen molar-refractivity contribution in [3.63, 3.8) is 0 Å². The van der Waals surface area contributed by atoms with Crippen molar-refractivity contribution in [2.24, 2.45) is 0 Å². The highest BCUT2D eigenvalue weighted by Gasteiger charge is 2.08. The monoisotopic (exact) mass is 268 g/mol. The summed E-state index contributed by atoms with van der Waals surface area (Å²) >= 11 is 0. The van der Waals surface area contributed by atoms with E-state index in [4.69, 9.17) is 14.6 Å². The zero-order valence-electron chi connectivity index (χ0n) is 11.1. The Balaban J connectivity index is 2.38. The van der Waals surface area contributed by atoms with Crippen molar-refractivity contribution in [3.05, 3.63) is 23.8 Å². The molecule has 5 nitrogen and oxygen atoms in total. The lowest BCUT2D eigenvalue weighted by Crippen LogP contribution is -2.02. The molecular formula is C14H20O5. The van der Waals surface area contributed by atoms with Gasteiger partial charge >= 0.3 is 5.97 Å². The molecule has 0 aliphatic heterocycles. The van der Waals surface area contributed by atoms with Crippen molar-refractivity contribution in [3.8, 4) is 11.5 Å². The van der Waals surface area contributed by atoms with E-state index in [0.29, 0.717) is 30.1 Å². The number of unbranched alkanes of at least 4 members (excludes halogenated alkanes) is 2. The minimum absolute atomic E-state index is 0.141. The van der Waals surface area contributed by atoms with Crippen LogP contribution in [0.15, 0.2) is 18.2 Å². The van der Waals surface area contributed by atoms with E-state index in [1.54, 1.807) is 25.3 Å². The van der Waals surface area contributed by atoms with Gasteiger partial charge in [0.2, 0.25) is 0 Å². The van der Waals surface area contributed by atoms with Crippen LogP contribution >= 0.6 is 0 Å². The lowest BCUT2D eigenvalue weighted by Gasteiger charge is -2.13. The lowest BCUT2D eigenvalue weighted by molar-refractivity contribution is -0.137. The van der Waals surface area contributed by atoms with Crippen molar-refractivity contribution in [1.82, 2.24) is 0 Å². The highest BCUT2D eigenvalue weighted by atomic mass is 16.5. The van der Waals surface area contributed by atoms with Crippen molar-refractivity contribution < 1.29 is 24.5 Å². The zero-order chi connectivity index (χ0) is 14.1. The first-order valence-electron chi connectivity index (χ1n) is 6.30. The van der Waals surface area contributed by atoms with Crippen LogP contribution in [-0.2, 0) is 11.4 Å². The molecule has 0 heterocycles. The number of methoxy groups -OCH3 is 1. The van der Waals surface area contributed by atoms with Gasteiger partial charge in [-0.25, -0.2) is 0 Å². The minimum atomic E-state index is -0.767. The van der Waals surface area contributed by atoms with E-state index in [2.05, 4.69) is 0 Å². The number of carboxylic acids is 1. The van der Waals surface area contributed by atoms with E-state index in [1.165, 1.54) is 0 Å². The maximum Gasteiger partial charge on any atom is 0.303 e. The summed E-state index contributed by atoms with van der Waals surface area (Å²) in [6.45, 7) is 0.359. The third kappa shape index (κ3) is 5.18. The molecule has 0 amide bonds. The summed E-state index contributed by atoms with van der Waals surface area (Å²) in [6, 6.07) is 5.36.